The monoisotopic (exact) mass is 287 g/mol. The SMILES string of the molecule is CC1CN(c2ncc(Br)cc2F)CCN1C. The van der Waals surface area contributed by atoms with Crippen LogP contribution in [0.15, 0.2) is 16.7 Å². The molecule has 0 bridgehead atoms. The van der Waals surface area contributed by atoms with Crippen molar-refractivity contribution in [3.63, 3.8) is 0 Å². The van der Waals surface area contributed by atoms with Crippen LogP contribution in [-0.4, -0.2) is 42.6 Å². The second-order valence-corrected chi connectivity index (χ2v) is 5.15. The Kier molecular flexibility index (Phi) is 3.44. The third-order valence-corrected chi connectivity index (χ3v) is 3.48. The molecule has 88 valence electrons. The summed E-state index contributed by atoms with van der Waals surface area (Å²) < 4.78 is 14.4. The molecular formula is C11H15BrFN3. The van der Waals surface area contributed by atoms with Crippen LogP contribution in [-0.2, 0) is 0 Å². The van der Waals surface area contributed by atoms with Crippen LogP contribution in [0.4, 0.5) is 10.2 Å². The van der Waals surface area contributed by atoms with Gasteiger partial charge in [-0.2, -0.15) is 0 Å². The molecule has 0 N–H and O–H groups in total. The predicted octanol–water partition coefficient (Wildman–Crippen LogP) is 2.12. The molecule has 1 aromatic heterocycles. The van der Waals surface area contributed by atoms with Crippen molar-refractivity contribution in [1.82, 2.24) is 9.88 Å². The number of nitrogens with zero attached hydrogens (tertiary/aromatic N) is 3. The number of pyridine rings is 1. The third kappa shape index (κ3) is 2.35. The van der Waals surface area contributed by atoms with Gasteiger partial charge in [0.15, 0.2) is 11.6 Å². The summed E-state index contributed by atoms with van der Waals surface area (Å²) >= 11 is 3.21. The maximum Gasteiger partial charge on any atom is 0.166 e. The smallest absolute Gasteiger partial charge is 0.166 e. The van der Waals surface area contributed by atoms with Crippen LogP contribution in [0, 0.1) is 5.82 Å². The summed E-state index contributed by atoms with van der Waals surface area (Å²) in [5, 5.41) is 0. The van der Waals surface area contributed by atoms with Gasteiger partial charge in [-0.1, -0.05) is 0 Å². The van der Waals surface area contributed by atoms with Crippen molar-refractivity contribution < 1.29 is 4.39 Å². The minimum Gasteiger partial charge on any atom is -0.351 e. The molecule has 16 heavy (non-hydrogen) atoms. The van der Waals surface area contributed by atoms with Crippen LogP contribution in [0.1, 0.15) is 6.92 Å². The van der Waals surface area contributed by atoms with Crippen molar-refractivity contribution in [2.24, 2.45) is 0 Å². The Morgan fingerprint density at radius 2 is 2.25 bits per heavy atom. The molecule has 0 aromatic carbocycles. The zero-order valence-electron chi connectivity index (χ0n) is 9.45. The highest BCUT2D eigenvalue weighted by molar-refractivity contribution is 9.10. The van der Waals surface area contributed by atoms with E-state index in [1.165, 1.54) is 6.07 Å². The van der Waals surface area contributed by atoms with Crippen LogP contribution in [0.5, 0.6) is 0 Å². The summed E-state index contributed by atoms with van der Waals surface area (Å²) in [6.07, 6.45) is 1.64. The van der Waals surface area contributed by atoms with Crippen molar-refractivity contribution >= 4 is 21.7 Å². The van der Waals surface area contributed by atoms with E-state index in [4.69, 9.17) is 0 Å². The second kappa shape index (κ2) is 4.67. The number of anilines is 1. The average molecular weight is 288 g/mol. The van der Waals surface area contributed by atoms with Crippen molar-refractivity contribution in [3.8, 4) is 0 Å². The Balaban J connectivity index is 2.18. The summed E-state index contributed by atoms with van der Waals surface area (Å²) in [4.78, 5) is 8.42. The van der Waals surface area contributed by atoms with Gasteiger partial charge >= 0.3 is 0 Å². The van der Waals surface area contributed by atoms with Gasteiger partial charge in [0.05, 0.1) is 0 Å². The Bertz CT molecular complexity index is 385. The van der Waals surface area contributed by atoms with Gasteiger partial charge < -0.3 is 9.80 Å². The summed E-state index contributed by atoms with van der Waals surface area (Å²) in [5.41, 5.74) is 0. The summed E-state index contributed by atoms with van der Waals surface area (Å²) in [7, 11) is 2.09. The lowest BCUT2D eigenvalue weighted by Gasteiger charge is -2.38. The summed E-state index contributed by atoms with van der Waals surface area (Å²) in [5.74, 6) is 0.203. The highest BCUT2D eigenvalue weighted by Gasteiger charge is 2.23. The minimum absolute atomic E-state index is 0.258. The van der Waals surface area contributed by atoms with Gasteiger partial charge in [0, 0.05) is 36.3 Å². The van der Waals surface area contributed by atoms with Gasteiger partial charge in [-0.15, -0.1) is 0 Å². The zero-order chi connectivity index (χ0) is 11.7. The van der Waals surface area contributed by atoms with E-state index in [1.54, 1.807) is 6.20 Å². The quantitative estimate of drug-likeness (QED) is 0.789. The van der Waals surface area contributed by atoms with Gasteiger partial charge in [0.1, 0.15) is 0 Å². The van der Waals surface area contributed by atoms with Crippen molar-refractivity contribution in [1.29, 1.82) is 0 Å². The topological polar surface area (TPSA) is 19.4 Å². The number of rotatable bonds is 1. The second-order valence-electron chi connectivity index (χ2n) is 4.23. The standard InChI is InChI=1S/C11H15BrFN3/c1-8-7-16(4-3-15(8)2)11-10(13)5-9(12)6-14-11/h5-6,8H,3-4,7H2,1-2H3. The Morgan fingerprint density at radius 3 is 2.88 bits per heavy atom. The zero-order valence-corrected chi connectivity index (χ0v) is 11.0. The molecule has 0 radical (unpaired) electrons. The van der Waals surface area contributed by atoms with E-state index < -0.39 is 0 Å². The first-order chi connectivity index (χ1) is 7.58. The first-order valence-electron chi connectivity index (χ1n) is 5.34. The number of piperazine rings is 1. The molecule has 2 rings (SSSR count). The first kappa shape index (κ1) is 11.8. The van der Waals surface area contributed by atoms with Crippen LogP contribution in [0.25, 0.3) is 0 Å². The third-order valence-electron chi connectivity index (χ3n) is 3.05. The van der Waals surface area contributed by atoms with Gasteiger partial charge in [-0.05, 0) is 36.0 Å². The van der Waals surface area contributed by atoms with E-state index in [1.807, 2.05) is 4.90 Å². The lowest BCUT2D eigenvalue weighted by Crippen LogP contribution is -2.50. The van der Waals surface area contributed by atoms with Crippen molar-refractivity contribution in [2.75, 3.05) is 31.6 Å². The van der Waals surface area contributed by atoms with Crippen LogP contribution >= 0.6 is 15.9 Å². The van der Waals surface area contributed by atoms with Gasteiger partial charge in [0.25, 0.3) is 0 Å². The van der Waals surface area contributed by atoms with Gasteiger partial charge in [-0.25, -0.2) is 9.37 Å². The first-order valence-corrected chi connectivity index (χ1v) is 6.13. The van der Waals surface area contributed by atoms with E-state index in [0.717, 1.165) is 19.6 Å². The van der Waals surface area contributed by atoms with Crippen LogP contribution in [0.3, 0.4) is 0 Å². The maximum atomic E-state index is 13.7. The van der Waals surface area contributed by atoms with E-state index in [9.17, 15) is 4.39 Å². The molecule has 1 unspecified atom stereocenters. The van der Waals surface area contributed by atoms with Gasteiger partial charge in [0.2, 0.25) is 0 Å². The molecule has 5 heteroatoms. The lowest BCUT2D eigenvalue weighted by atomic mass is 10.2. The molecule has 1 aromatic rings. The maximum absolute atomic E-state index is 13.7. The molecule has 1 saturated heterocycles. The number of halogens is 2. The number of likely N-dealkylation sites (N-methyl/N-ethyl adjacent to an activating group) is 1. The molecule has 0 amide bonds. The minimum atomic E-state index is -0.258. The Hall–Kier alpha value is -0.680. The fourth-order valence-electron chi connectivity index (χ4n) is 1.88. The van der Waals surface area contributed by atoms with Gasteiger partial charge in [-0.3, -0.25) is 0 Å². The van der Waals surface area contributed by atoms with Crippen LogP contribution < -0.4 is 4.90 Å². The molecule has 2 heterocycles. The van der Waals surface area contributed by atoms with Crippen molar-refractivity contribution in [2.45, 2.75) is 13.0 Å². The molecule has 0 aliphatic carbocycles. The highest BCUT2D eigenvalue weighted by atomic mass is 79.9. The Morgan fingerprint density at radius 1 is 1.50 bits per heavy atom. The van der Waals surface area contributed by atoms with Crippen LogP contribution in [0.2, 0.25) is 0 Å². The molecule has 0 spiro atoms. The highest BCUT2D eigenvalue weighted by Crippen LogP contribution is 2.22. The molecular weight excluding hydrogens is 273 g/mol. The molecule has 3 nitrogen and oxygen atoms in total. The normalized spacial score (nSPS) is 22.5. The summed E-state index contributed by atoms with van der Waals surface area (Å²) in [6, 6.07) is 1.89. The molecule has 1 aliphatic heterocycles. The number of hydrogen-bond acceptors (Lipinski definition) is 3. The largest absolute Gasteiger partial charge is 0.351 e. The van der Waals surface area contributed by atoms with E-state index in [-0.39, 0.29) is 5.82 Å². The average Bonchev–Trinajstić information content (AvgIpc) is 2.22. The fraction of sp³-hybridized carbons (Fsp3) is 0.545. The number of hydrogen-bond donors (Lipinski definition) is 0. The van der Waals surface area contributed by atoms with E-state index >= 15 is 0 Å². The fourth-order valence-corrected chi connectivity index (χ4v) is 2.18. The number of aromatic nitrogens is 1. The van der Waals surface area contributed by atoms with E-state index in [0.29, 0.717) is 16.3 Å². The lowest BCUT2D eigenvalue weighted by molar-refractivity contribution is 0.232. The van der Waals surface area contributed by atoms with E-state index in [2.05, 4.69) is 39.8 Å². The Labute approximate surface area is 103 Å². The molecule has 1 atom stereocenters. The molecule has 1 fully saturated rings. The van der Waals surface area contributed by atoms with Crippen molar-refractivity contribution in [3.05, 3.63) is 22.6 Å². The molecule has 1 aliphatic rings. The molecule has 0 saturated carbocycles. The predicted molar refractivity (Wildman–Crippen MR) is 66.2 cm³/mol. The summed E-state index contributed by atoms with van der Waals surface area (Å²) in [6.45, 7) is 4.73.